The van der Waals surface area contributed by atoms with Crippen LogP contribution in [-0.4, -0.2) is 34.8 Å². The second-order valence-electron chi connectivity index (χ2n) is 7.50. The van der Waals surface area contributed by atoms with E-state index in [4.69, 9.17) is 11.6 Å². The van der Waals surface area contributed by atoms with Crippen molar-refractivity contribution < 1.29 is 9.59 Å². The fraction of sp³-hybridized carbons (Fsp3) is 0.381. The summed E-state index contributed by atoms with van der Waals surface area (Å²) in [5.41, 5.74) is 2.29. The summed E-state index contributed by atoms with van der Waals surface area (Å²) in [5, 5.41) is 3.29. The molecule has 0 aliphatic carbocycles. The van der Waals surface area contributed by atoms with E-state index in [0.717, 1.165) is 25.1 Å². The minimum Gasteiger partial charge on any atom is -0.338 e. The third kappa shape index (κ3) is 4.66. The summed E-state index contributed by atoms with van der Waals surface area (Å²) in [5.74, 6) is 0.641. The van der Waals surface area contributed by atoms with Gasteiger partial charge in [0.2, 0.25) is 0 Å². The average Bonchev–Trinajstić information content (AvgIpc) is 2.62. The third-order valence-corrected chi connectivity index (χ3v) is 5.08. The Kier molecular flexibility index (Phi) is 5.80. The maximum absolute atomic E-state index is 12.9. The van der Waals surface area contributed by atoms with Gasteiger partial charge < -0.3 is 10.2 Å². The maximum atomic E-state index is 12.9. The van der Waals surface area contributed by atoms with Gasteiger partial charge in [0.25, 0.3) is 11.8 Å². The Morgan fingerprint density at radius 3 is 2.52 bits per heavy atom. The molecule has 2 amide bonds. The predicted octanol–water partition coefficient (Wildman–Crippen LogP) is 4.41. The van der Waals surface area contributed by atoms with E-state index in [1.165, 1.54) is 12.3 Å². The number of nitrogens with one attached hydrogen (secondary N) is 1. The molecule has 0 spiro atoms. The number of benzene rings is 1. The van der Waals surface area contributed by atoms with Gasteiger partial charge in [-0.05, 0) is 55.0 Å². The lowest BCUT2D eigenvalue weighted by molar-refractivity contribution is 0.0623. The Morgan fingerprint density at radius 1 is 1.15 bits per heavy atom. The van der Waals surface area contributed by atoms with Crippen molar-refractivity contribution in [3.8, 4) is 0 Å². The summed E-state index contributed by atoms with van der Waals surface area (Å²) in [6, 6.07) is 8.53. The van der Waals surface area contributed by atoms with Crippen LogP contribution in [0.4, 0.5) is 5.69 Å². The molecule has 2 heterocycles. The fourth-order valence-corrected chi connectivity index (χ4v) is 3.78. The van der Waals surface area contributed by atoms with Crippen LogP contribution in [0.5, 0.6) is 0 Å². The number of hydrogen-bond acceptors (Lipinski definition) is 3. The number of piperidine rings is 1. The Balaban J connectivity index is 1.79. The summed E-state index contributed by atoms with van der Waals surface area (Å²) in [7, 11) is 0. The standard InChI is InChI=1S/C21H24ClN3O2/c1-13-8-14(2)12-25(11-13)21(27)16-5-4-15(3)18(9-16)24-20(26)19-10-17(22)6-7-23-19/h4-7,9-10,13-14H,8,11-12H2,1-3H3,(H,24,26). The van der Waals surface area contributed by atoms with Gasteiger partial charge in [-0.15, -0.1) is 0 Å². The van der Waals surface area contributed by atoms with Crippen LogP contribution in [0.1, 0.15) is 46.7 Å². The quantitative estimate of drug-likeness (QED) is 0.850. The lowest BCUT2D eigenvalue weighted by Crippen LogP contribution is -2.42. The highest BCUT2D eigenvalue weighted by Gasteiger charge is 2.26. The van der Waals surface area contributed by atoms with E-state index in [1.54, 1.807) is 12.1 Å². The molecule has 1 aromatic carbocycles. The van der Waals surface area contributed by atoms with E-state index in [9.17, 15) is 9.59 Å². The molecule has 1 aromatic heterocycles. The van der Waals surface area contributed by atoms with Gasteiger partial charge in [-0.2, -0.15) is 0 Å². The molecule has 2 aromatic rings. The first kappa shape index (κ1) is 19.4. The number of amides is 2. The van der Waals surface area contributed by atoms with Crippen molar-refractivity contribution in [1.82, 2.24) is 9.88 Å². The van der Waals surface area contributed by atoms with Gasteiger partial charge in [-0.1, -0.05) is 31.5 Å². The van der Waals surface area contributed by atoms with E-state index in [2.05, 4.69) is 24.1 Å². The van der Waals surface area contributed by atoms with E-state index in [-0.39, 0.29) is 17.5 Å². The van der Waals surface area contributed by atoms with Crippen LogP contribution in [0.15, 0.2) is 36.5 Å². The fourth-order valence-electron chi connectivity index (χ4n) is 3.62. The van der Waals surface area contributed by atoms with Gasteiger partial charge in [0.1, 0.15) is 5.69 Å². The van der Waals surface area contributed by atoms with Gasteiger partial charge in [0, 0.05) is 35.6 Å². The van der Waals surface area contributed by atoms with Crippen LogP contribution in [0.25, 0.3) is 0 Å². The number of aromatic nitrogens is 1. The topological polar surface area (TPSA) is 62.3 Å². The second-order valence-corrected chi connectivity index (χ2v) is 7.94. The number of nitrogens with zero attached hydrogens (tertiary/aromatic N) is 2. The van der Waals surface area contributed by atoms with E-state index in [1.807, 2.05) is 24.0 Å². The molecule has 6 heteroatoms. The minimum absolute atomic E-state index is 0.00443. The van der Waals surface area contributed by atoms with Crippen molar-refractivity contribution in [3.63, 3.8) is 0 Å². The number of halogens is 1. The first-order valence-corrected chi connectivity index (χ1v) is 9.54. The number of rotatable bonds is 3. The third-order valence-electron chi connectivity index (χ3n) is 4.84. The highest BCUT2D eigenvalue weighted by atomic mass is 35.5. The number of hydrogen-bond donors (Lipinski definition) is 1. The van der Waals surface area contributed by atoms with Crippen molar-refractivity contribution in [2.75, 3.05) is 18.4 Å². The van der Waals surface area contributed by atoms with Gasteiger partial charge in [-0.3, -0.25) is 14.6 Å². The number of anilines is 1. The maximum Gasteiger partial charge on any atom is 0.274 e. The Labute approximate surface area is 164 Å². The van der Waals surface area contributed by atoms with Crippen molar-refractivity contribution in [3.05, 3.63) is 58.4 Å². The molecule has 142 valence electrons. The highest BCUT2D eigenvalue weighted by Crippen LogP contribution is 2.24. The molecule has 1 saturated heterocycles. The van der Waals surface area contributed by atoms with E-state index < -0.39 is 0 Å². The number of carbonyl (C=O) groups is 2. The lowest BCUT2D eigenvalue weighted by atomic mass is 9.91. The van der Waals surface area contributed by atoms with Crippen LogP contribution in [0, 0.1) is 18.8 Å². The molecule has 2 atom stereocenters. The molecular formula is C21H24ClN3O2. The monoisotopic (exact) mass is 385 g/mol. The second kappa shape index (κ2) is 8.09. The lowest BCUT2D eigenvalue weighted by Gasteiger charge is -2.35. The summed E-state index contributed by atoms with van der Waals surface area (Å²) in [4.78, 5) is 31.3. The average molecular weight is 386 g/mol. The molecule has 1 aliphatic rings. The van der Waals surface area contributed by atoms with Gasteiger partial charge in [-0.25, -0.2) is 0 Å². The normalized spacial score (nSPS) is 19.6. The Morgan fingerprint density at radius 2 is 1.85 bits per heavy atom. The first-order chi connectivity index (χ1) is 12.8. The molecule has 0 bridgehead atoms. The number of carbonyl (C=O) groups excluding carboxylic acids is 2. The van der Waals surface area contributed by atoms with E-state index in [0.29, 0.717) is 28.1 Å². The summed E-state index contributed by atoms with van der Waals surface area (Å²) in [6.45, 7) is 7.78. The molecule has 1 N–H and O–H groups in total. The Hall–Kier alpha value is -2.40. The molecule has 1 fully saturated rings. The number of pyridine rings is 1. The zero-order chi connectivity index (χ0) is 19.6. The van der Waals surface area contributed by atoms with Crippen molar-refractivity contribution in [2.24, 2.45) is 11.8 Å². The number of likely N-dealkylation sites (tertiary alicyclic amines) is 1. The van der Waals surface area contributed by atoms with Crippen LogP contribution in [0.3, 0.4) is 0 Å². The van der Waals surface area contributed by atoms with Gasteiger partial charge >= 0.3 is 0 Å². The SMILES string of the molecule is Cc1ccc(C(=O)N2CC(C)CC(C)C2)cc1NC(=O)c1cc(Cl)ccn1. The van der Waals surface area contributed by atoms with Crippen LogP contribution < -0.4 is 5.32 Å². The molecule has 5 nitrogen and oxygen atoms in total. The van der Waals surface area contributed by atoms with Crippen LogP contribution in [-0.2, 0) is 0 Å². The predicted molar refractivity (Wildman–Crippen MR) is 107 cm³/mol. The van der Waals surface area contributed by atoms with Crippen molar-refractivity contribution >= 4 is 29.1 Å². The van der Waals surface area contributed by atoms with Crippen LogP contribution in [0.2, 0.25) is 5.02 Å². The van der Waals surface area contributed by atoms with Gasteiger partial charge in [0.05, 0.1) is 0 Å². The first-order valence-electron chi connectivity index (χ1n) is 9.16. The van der Waals surface area contributed by atoms with Crippen molar-refractivity contribution in [1.29, 1.82) is 0 Å². The Bertz CT molecular complexity index is 858. The van der Waals surface area contributed by atoms with Crippen LogP contribution >= 0.6 is 11.6 Å². The minimum atomic E-state index is -0.356. The van der Waals surface area contributed by atoms with Crippen molar-refractivity contribution in [2.45, 2.75) is 27.2 Å². The summed E-state index contributed by atoms with van der Waals surface area (Å²) < 4.78 is 0. The molecule has 3 rings (SSSR count). The highest BCUT2D eigenvalue weighted by molar-refractivity contribution is 6.31. The largest absolute Gasteiger partial charge is 0.338 e. The molecular weight excluding hydrogens is 362 g/mol. The zero-order valence-electron chi connectivity index (χ0n) is 15.8. The van der Waals surface area contributed by atoms with Gasteiger partial charge in [0.15, 0.2) is 0 Å². The molecule has 0 saturated carbocycles. The molecule has 1 aliphatic heterocycles. The number of aryl methyl sites for hydroxylation is 1. The summed E-state index contributed by atoms with van der Waals surface area (Å²) in [6.07, 6.45) is 2.63. The van der Waals surface area contributed by atoms with E-state index >= 15 is 0 Å². The summed E-state index contributed by atoms with van der Waals surface area (Å²) >= 11 is 5.93. The molecule has 27 heavy (non-hydrogen) atoms. The molecule has 0 radical (unpaired) electrons. The molecule has 2 unspecified atom stereocenters. The zero-order valence-corrected chi connectivity index (χ0v) is 16.6. The smallest absolute Gasteiger partial charge is 0.274 e.